The number of nitrogens with two attached hydrogens (primary N) is 1. The molecule has 0 unspecified atom stereocenters. The molecule has 0 aliphatic carbocycles. The van der Waals surface area contributed by atoms with Crippen LogP contribution in [0.1, 0.15) is 36.5 Å². The number of non-ortho nitro benzene ring substituents is 1. The second-order valence-electron chi connectivity index (χ2n) is 7.04. The van der Waals surface area contributed by atoms with Gasteiger partial charge in [0.05, 0.1) is 4.92 Å². The number of benzene rings is 2. The number of carbonyl (C=O) groups is 1. The molecule has 0 amide bonds. The van der Waals surface area contributed by atoms with Crippen molar-refractivity contribution in [2.24, 2.45) is 5.73 Å². The maximum atomic E-state index is 11.9. The van der Waals surface area contributed by atoms with Gasteiger partial charge in [-0.3, -0.25) is 10.1 Å². The van der Waals surface area contributed by atoms with Gasteiger partial charge in [0.15, 0.2) is 6.61 Å². The quantitative estimate of drug-likeness (QED) is 0.402. The maximum Gasteiger partial charge on any atom is 0.344 e. The molecule has 2 aromatic carbocycles. The zero-order chi connectivity index (χ0) is 20.7. The largest absolute Gasteiger partial charge is 0.482 e. The molecule has 0 spiro atoms. The molecular weight excluding hydrogens is 360 g/mol. The van der Waals surface area contributed by atoms with Crippen molar-refractivity contribution in [3.05, 3.63) is 69.3 Å². The van der Waals surface area contributed by atoms with E-state index in [1.165, 1.54) is 17.7 Å². The molecule has 28 heavy (non-hydrogen) atoms. The SMILES string of the molecule is Cc1cc(C(C)C)ccc1OCC(=O)OC[C@H](N)Cc1ccc([N+](=O)[O-])cc1. The number of nitro groups is 1. The molecule has 2 aromatic rings. The Balaban J connectivity index is 1.76. The second-order valence-corrected chi connectivity index (χ2v) is 7.04. The first-order valence-corrected chi connectivity index (χ1v) is 9.14. The van der Waals surface area contributed by atoms with Crippen LogP contribution >= 0.6 is 0 Å². The molecule has 0 fully saturated rings. The monoisotopic (exact) mass is 386 g/mol. The van der Waals surface area contributed by atoms with E-state index < -0.39 is 16.9 Å². The summed E-state index contributed by atoms with van der Waals surface area (Å²) >= 11 is 0. The third-order valence-electron chi connectivity index (χ3n) is 4.31. The first kappa shape index (κ1) is 21.4. The number of hydrogen-bond donors (Lipinski definition) is 1. The molecule has 1 atom stereocenters. The van der Waals surface area contributed by atoms with Gasteiger partial charge >= 0.3 is 5.97 Å². The van der Waals surface area contributed by atoms with Crippen LogP contribution in [0.15, 0.2) is 42.5 Å². The summed E-state index contributed by atoms with van der Waals surface area (Å²) in [7, 11) is 0. The summed E-state index contributed by atoms with van der Waals surface area (Å²) in [6.07, 6.45) is 0.446. The summed E-state index contributed by atoms with van der Waals surface area (Å²) in [6, 6.07) is 11.6. The van der Waals surface area contributed by atoms with Gasteiger partial charge in [0, 0.05) is 18.2 Å². The minimum atomic E-state index is -0.494. The van der Waals surface area contributed by atoms with Crippen molar-refractivity contribution in [3.8, 4) is 5.75 Å². The van der Waals surface area contributed by atoms with Gasteiger partial charge in [0.25, 0.3) is 5.69 Å². The summed E-state index contributed by atoms with van der Waals surface area (Å²) in [5, 5.41) is 10.7. The van der Waals surface area contributed by atoms with E-state index in [1.807, 2.05) is 25.1 Å². The van der Waals surface area contributed by atoms with Crippen molar-refractivity contribution < 1.29 is 19.2 Å². The Morgan fingerprint density at radius 2 is 1.86 bits per heavy atom. The molecule has 0 bridgehead atoms. The van der Waals surface area contributed by atoms with Gasteiger partial charge in [-0.05, 0) is 42.0 Å². The predicted molar refractivity (Wildman–Crippen MR) is 106 cm³/mol. The van der Waals surface area contributed by atoms with E-state index in [-0.39, 0.29) is 18.9 Å². The van der Waals surface area contributed by atoms with Crippen LogP contribution in [0.5, 0.6) is 5.75 Å². The average Bonchev–Trinajstić information content (AvgIpc) is 2.65. The van der Waals surface area contributed by atoms with Crippen molar-refractivity contribution in [2.45, 2.75) is 39.2 Å². The Bertz CT molecular complexity index is 818. The van der Waals surface area contributed by atoms with E-state index in [0.717, 1.165) is 11.1 Å². The van der Waals surface area contributed by atoms with E-state index in [9.17, 15) is 14.9 Å². The number of nitro benzene ring substituents is 1. The van der Waals surface area contributed by atoms with Gasteiger partial charge in [-0.15, -0.1) is 0 Å². The maximum absolute atomic E-state index is 11.9. The standard InChI is InChI=1S/C21H26N2O5/c1-14(2)17-6-9-20(15(3)10-17)27-13-21(24)28-12-18(22)11-16-4-7-19(8-5-16)23(25)26/h4-10,14,18H,11-13,22H2,1-3H3/t18-/m1/s1. The highest BCUT2D eigenvalue weighted by Gasteiger charge is 2.12. The molecule has 0 radical (unpaired) electrons. The minimum Gasteiger partial charge on any atom is -0.482 e. The van der Waals surface area contributed by atoms with Gasteiger partial charge in [-0.25, -0.2) is 4.79 Å². The lowest BCUT2D eigenvalue weighted by atomic mass is 10.0. The molecule has 0 aromatic heterocycles. The molecule has 2 N–H and O–H groups in total. The van der Waals surface area contributed by atoms with Crippen LogP contribution in [0.4, 0.5) is 5.69 Å². The Morgan fingerprint density at radius 1 is 1.18 bits per heavy atom. The lowest BCUT2D eigenvalue weighted by molar-refractivity contribution is -0.384. The Kier molecular flexibility index (Phi) is 7.52. The van der Waals surface area contributed by atoms with Crippen LogP contribution in [0, 0.1) is 17.0 Å². The van der Waals surface area contributed by atoms with Crippen LogP contribution < -0.4 is 10.5 Å². The van der Waals surface area contributed by atoms with Gasteiger partial charge in [0.1, 0.15) is 12.4 Å². The van der Waals surface area contributed by atoms with Crippen LogP contribution in [-0.4, -0.2) is 30.1 Å². The zero-order valence-corrected chi connectivity index (χ0v) is 16.4. The second kappa shape index (κ2) is 9.85. The van der Waals surface area contributed by atoms with Crippen molar-refractivity contribution in [3.63, 3.8) is 0 Å². The number of ether oxygens (including phenoxy) is 2. The summed E-state index contributed by atoms with van der Waals surface area (Å²) < 4.78 is 10.7. The van der Waals surface area contributed by atoms with Crippen LogP contribution in [0.3, 0.4) is 0 Å². The van der Waals surface area contributed by atoms with E-state index in [4.69, 9.17) is 15.2 Å². The smallest absolute Gasteiger partial charge is 0.344 e. The highest BCUT2D eigenvalue weighted by Crippen LogP contribution is 2.23. The third kappa shape index (κ3) is 6.35. The van der Waals surface area contributed by atoms with Gasteiger partial charge < -0.3 is 15.2 Å². The third-order valence-corrected chi connectivity index (χ3v) is 4.31. The Labute approximate surface area is 164 Å². The molecule has 7 heteroatoms. The van der Waals surface area contributed by atoms with Crippen molar-refractivity contribution in [1.82, 2.24) is 0 Å². The Hall–Kier alpha value is -2.93. The van der Waals surface area contributed by atoms with Crippen molar-refractivity contribution in [1.29, 1.82) is 0 Å². The lowest BCUT2D eigenvalue weighted by Gasteiger charge is -2.14. The first-order chi connectivity index (χ1) is 13.3. The number of carbonyl (C=O) groups excluding carboxylic acids is 1. The molecule has 7 nitrogen and oxygen atoms in total. The molecule has 0 saturated carbocycles. The van der Waals surface area contributed by atoms with Crippen molar-refractivity contribution in [2.75, 3.05) is 13.2 Å². The first-order valence-electron chi connectivity index (χ1n) is 9.14. The topological polar surface area (TPSA) is 105 Å². The molecule has 0 saturated heterocycles. The highest BCUT2D eigenvalue weighted by molar-refractivity contribution is 5.71. The molecule has 0 aliphatic heterocycles. The zero-order valence-electron chi connectivity index (χ0n) is 16.4. The summed E-state index contributed by atoms with van der Waals surface area (Å²) in [5.74, 6) is 0.581. The fourth-order valence-electron chi connectivity index (χ4n) is 2.69. The van der Waals surface area contributed by atoms with Crippen LogP contribution in [0.25, 0.3) is 0 Å². The van der Waals surface area contributed by atoms with Gasteiger partial charge in [0.2, 0.25) is 0 Å². The van der Waals surface area contributed by atoms with Crippen molar-refractivity contribution >= 4 is 11.7 Å². The van der Waals surface area contributed by atoms with E-state index >= 15 is 0 Å². The summed E-state index contributed by atoms with van der Waals surface area (Å²) in [6.45, 7) is 6.03. The minimum absolute atomic E-state index is 0.0256. The molecule has 0 aliphatic rings. The predicted octanol–water partition coefficient (Wildman–Crippen LogP) is 3.52. The van der Waals surface area contributed by atoms with E-state index in [1.54, 1.807) is 12.1 Å². The summed E-state index contributed by atoms with van der Waals surface area (Å²) in [5.41, 5.74) is 9.02. The Morgan fingerprint density at radius 3 is 2.43 bits per heavy atom. The van der Waals surface area contributed by atoms with E-state index in [0.29, 0.717) is 18.1 Å². The molecule has 0 heterocycles. The number of nitrogens with zero attached hydrogens (tertiary/aromatic N) is 1. The molecular formula is C21H26N2O5. The molecule has 2 rings (SSSR count). The van der Waals surface area contributed by atoms with Gasteiger partial charge in [-0.2, -0.15) is 0 Å². The summed E-state index contributed by atoms with van der Waals surface area (Å²) in [4.78, 5) is 22.1. The number of rotatable bonds is 9. The van der Waals surface area contributed by atoms with E-state index in [2.05, 4.69) is 13.8 Å². The average molecular weight is 386 g/mol. The van der Waals surface area contributed by atoms with Crippen LogP contribution in [-0.2, 0) is 16.0 Å². The highest BCUT2D eigenvalue weighted by atomic mass is 16.6. The fraction of sp³-hybridized carbons (Fsp3) is 0.381. The molecule has 150 valence electrons. The number of esters is 1. The normalized spacial score (nSPS) is 11.9. The fourth-order valence-corrected chi connectivity index (χ4v) is 2.69. The lowest BCUT2D eigenvalue weighted by Crippen LogP contribution is -2.31. The number of hydrogen-bond acceptors (Lipinski definition) is 6. The van der Waals surface area contributed by atoms with Crippen LogP contribution in [0.2, 0.25) is 0 Å². The number of aryl methyl sites for hydroxylation is 1. The van der Waals surface area contributed by atoms with Gasteiger partial charge in [-0.1, -0.05) is 38.1 Å².